The largest absolute Gasteiger partial charge is 0.493 e. The molecule has 2 amide bonds. The van der Waals surface area contributed by atoms with Crippen LogP contribution in [0.1, 0.15) is 63.0 Å². The fourth-order valence-corrected chi connectivity index (χ4v) is 5.88. The number of ether oxygens (including phenoxy) is 2. The number of nitrogens with zero attached hydrogens (tertiary/aromatic N) is 1. The molecule has 9 nitrogen and oxygen atoms in total. The van der Waals surface area contributed by atoms with Gasteiger partial charge in [0.1, 0.15) is 12.2 Å². The third-order valence-corrected chi connectivity index (χ3v) is 8.15. The highest BCUT2D eigenvalue weighted by Gasteiger charge is 2.40. The van der Waals surface area contributed by atoms with Crippen LogP contribution in [0.15, 0.2) is 54.1 Å². The lowest BCUT2D eigenvalue weighted by Gasteiger charge is -2.41. The van der Waals surface area contributed by atoms with Gasteiger partial charge in [0, 0.05) is 31.5 Å². The standard InChI is InChI=1S/C32H43IN2O7/c1-3-4-5-6-10-13-29(38)35(20-22-11-8-7-9-12-22)26-18-24(32(40)34-14-15-36)19-27(30(26)39)42-31-25(33)16-23(21-37)17-28(31)41-2/h7-9,11-12,16-17,19,26-27,30,36-37,39H,3-6,10,13-15,18,20-21H2,1-2H3,(H,34,40). The van der Waals surface area contributed by atoms with E-state index in [1.165, 1.54) is 7.11 Å². The predicted octanol–water partition coefficient (Wildman–Crippen LogP) is 4.10. The number of methoxy groups -OCH3 is 1. The van der Waals surface area contributed by atoms with Crippen molar-refractivity contribution in [3.05, 3.63) is 68.8 Å². The molecule has 0 fully saturated rings. The van der Waals surface area contributed by atoms with Gasteiger partial charge in [-0.2, -0.15) is 0 Å². The molecule has 0 radical (unpaired) electrons. The van der Waals surface area contributed by atoms with Crippen LogP contribution >= 0.6 is 22.6 Å². The molecular formula is C32H43IN2O7. The molecule has 230 valence electrons. The van der Waals surface area contributed by atoms with Crippen molar-refractivity contribution in [2.24, 2.45) is 0 Å². The molecular weight excluding hydrogens is 651 g/mol. The number of rotatable bonds is 16. The Morgan fingerprint density at radius 2 is 1.81 bits per heavy atom. The highest BCUT2D eigenvalue weighted by atomic mass is 127. The van der Waals surface area contributed by atoms with E-state index < -0.39 is 24.2 Å². The predicted molar refractivity (Wildman–Crippen MR) is 169 cm³/mol. The molecule has 0 saturated carbocycles. The zero-order valence-corrected chi connectivity index (χ0v) is 26.6. The Labute approximate surface area is 262 Å². The van der Waals surface area contributed by atoms with Gasteiger partial charge < -0.3 is 35.0 Å². The molecule has 1 aliphatic carbocycles. The van der Waals surface area contributed by atoms with Crippen molar-refractivity contribution in [1.29, 1.82) is 0 Å². The van der Waals surface area contributed by atoms with Crippen LogP contribution in [0, 0.1) is 3.57 Å². The van der Waals surface area contributed by atoms with Crippen molar-refractivity contribution >= 4 is 34.4 Å². The van der Waals surface area contributed by atoms with E-state index in [0.717, 1.165) is 37.7 Å². The lowest BCUT2D eigenvalue weighted by atomic mass is 9.87. The van der Waals surface area contributed by atoms with Gasteiger partial charge in [0.25, 0.3) is 0 Å². The van der Waals surface area contributed by atoms with Crippen LogP contribution in [0.3, 0.4) is 0 Å². The summed E-state index contributed by atoms with van der Waals surface area (Å²) < 4.78 is 12.5. The summed E-state index contributed by atoms with van der Waals surface area (Å²) in [5, 5.41) is 33.3. The van der Waals surface area contributed by atoms with E-state index in [1.807, 2.05) is 30.3 Å². The van der Waals surface area contributed by atoms with Crippen molar-refractivity contribution in [1.82, 2.24) is 10.2 Å². The average Bonchev–Trinajstić information content (AvgIpc) is 3.00. The zero-order chi connectivity index (χ0) is 30.5. The topological polar surface area (TPSA) is 129 Å². The van der Waals surface area contributed by atoms with Gasteiger partial charge in [-0.05, 0) is 58.3 Å². The molecule has 3 atom stereocenters. The van der Waals surface area contributed by atoms with Crippen LogP contribution < -0.4 is 14.8 Å². The monoisotopic (exact) mass is 694 g/mol. The fraction of sp³-hybridized carbons (Fsp3) is 0.500. The highest BCUT2D eigenvalue weighted by Crippen LogP contribution is 2.37. The number of hydrogen-bond donors (Lipinski definition) is 4. The maximum absolute atomic E-state index is 13.7. The molecule has 3 unspecified atom stereocenters. The van der Waals surface area contributed by atoms with Crippen molar-refractivity contribution in [3.8, 4) is 11.5 Å². The number of carbonyl (C=O) groups is 2. The lowest BCUT2D eigenvalue weighted by Crippen LogP contribution is -2.54. The van der Waals surface area contributed by atoms with Gasteiger partial charge in [0.05, 0.1) is 29.9 Å². The first-order chi connectivity index (χ1) is 20.3. The Balaban J connectivity index is 1.97. The number of nitrogens with one attached hydrogen (secondary N) is 1. The molecule has 0 heterocycles. The second-order valence-electron chi connectivity index (χ2n) is 10.5. The van der Waals surface area contributed by atoms with E-state index in [-0.39, 0.29) is 38.6 Å². The summed E-state index contributed by atoms with van der Waals surface area (Å²) in [7, 11) is 1.49. The molecule has 0 saturated heterocycles. The average molecular weight is 695 g/mol. The number of aliphatic hydroxyl groups excluding tert-OH is 3. The first-order valence-electron chi connectivity index (χ1n) is 14.6. The first-order valence-corrected chi connectivity index (χ1v) is 15.7. The molecule has 2 aromatic rings. The SMILES string of the molecule is CCCCCCCC(=O)N(Cc1ccccc1)C1CC(C(=O)NCCO)=CC(Oc2c(I)cc(CO)cc2OC)C1O. The fourth-order valence-electron chi connectivity index (χ4n) is 5.09. The van der Waals surface area contributed by atoms with Gasteiger partial charge >= 0.3 is 0 Å². The van der Waals surface area contributed by atoms with Gasteiger partial charge in [-0.15, -0.1) is 0 Å². The summed E-state index contributed by atoms with van der Waals surface area (Å²) in [5.74, 6) is 0.264. The first kappa shape index (κ1) is 33.8. The third-order valence-electron chi connectivity index (χ3n) is 7.35. The Kier molecular flexibility index (Phi) is 14.1. The second-order valence-corrected chi connectivity index (χ2v) is 11.6. The molecule has 42 heavy (non-hydrogen) atoms. The molecule has 2 aromatic carbocycles. The van der Waals surface area contributed by atoms with Crippen LogP contribution in [0.5, 0.6) is 11.5 Å². The Morgan fingerprint density at radius 3 is 2.48 bits per heavy atom. The Morgan fingerprint density at radius 1 is 1.07 bits per heavy atom. The lowest BCUT2D eigenvalue weighted by molar-refractivity contribution is -0.139. The summed E-state index contributed by atoms with van der Waals surface area (Å²) in [4.78, 5) is 28.5. The molecule has 0 aromatic heterocycles. The minimum atomic E-state index is -1.15. The summed E-state index contributed by atoms with van der Waals surface area (Å²) in [5.41, 5.74) is 1.92. The van der Waals surface area contributed by atoms with E-state index in [4.69, 9.17) is 9.47 Å². The summed E-state index contributed by atoms with van der Waals surface area (Å²) in [6.45, 7) is 2.11. The normalized spacial score (nSPS) is 18.2. The molecule has 4 N–H and O–H groups in total. The Hall–Kier alpha value is -2.67. The van der Waals surface area contributed by atoms with Crippen LogP contribution in [-0.4, -0.2) is 70.5 Å². The summed E-state index contributed by atoms with van der Waals surface area (Å²) in [6.07, 6.45) is 4.94. The number of benzene rings is 2. The minimum absolute atomic E-state index is 0.0771. The number of amides is 2. The maximum Gasteiger partial charge on any atom is 0.247 e. The van der Waals surface area contributed by atoms with E-state index in [9.17, 15) is 24.9 Å². The molecule has 0 aliphatic heterocycles. The van der Waals surface area contributed by atoms with Gasteiger partial charge in [-0.3, -0.25) is 9.59 Å². The van der Waals surface area contributed by atoms with Crippen LogP contribution in [0.2, 0.25) is 0 Å². The smallest absolute Gasteiger partial charge is 0.247 e. The quantitative estimate of drug-likeness (QED) is 0.154. The van der Waals surface area contributed by atoms with Gasteiger partial charge in [0.2, 0.25) is 11.8 Å². The van der Waals surface area contributed by atoms with Crippen LogP contribution in [-0.2, 0) is 22.7 Å². The zero-order valence-electron chi connectivity index (χ0n) is 24.4. The van der Waals surface area contributed by atoms with Crippen molar-refractivity contribution in [3.63, 3.8) is 0 Å². The number of halogens is 1. The van der Waals surface area contributed by atoms with Crippen molar-refractivity contribution in [2.75, 3.05) is 20.3 Å². The number of aliphatic hydroxyl groups is 3. The van der Waals surface area contributed by atoms with E-state index >= 15 is 0 Å². The van der Waals surface area contributed by atoms with Crippen LogP contribution in [0.4, 0.5) is 0 Å². The van der Waals surface area contributed by atoms with E-state index in [1.54, 1.807) is 23.1 Å². The molecule has 10 heteroatoms. The minimum Gasteiger partial charge on any atom is -0.493 e. The molecule has 0 bridgehead atoms. The molecule has 1 aliphatic rings. The van der Waals surface area contributed by atoms with Gasteiger partial charge in [-0.25, -0.2) is 0 Å². The highest BCUT2D eigenvalue weighted by molar-refractivity contribution is 14.1. The molecule has 0 spiro atoms. The van der Waals surface area contributed by atoms with Crippen LogP contribution in [0.25, 0.3) is 0 Å². The van der Waals surface area contributed by atoms with Gasteiger partial charge in [-0.1, -0.05) is 62.9 Å². The second kappa shape index (κ2) is 17.4. The maximum atomic E-state index is 13.7. The van der Waals surface area contributed by atoms with E-state index in [0.29, 0.717) is 32.6 Å². The van der Waals surface area contributed by atoms with Crippen molar-refractivity contribution < 1.29 is 34.4 Å². The molecule has 3 rings (SSSR count). The Bertz CT molecular complexity index is 1190. The number of unbranched alkanes of at least 4 members (excludes halogenated alkanes) is 4. The summed E-state index contributed by atoms with van der Waals surface area (Å²) in [6, 6.07) is 12.3. The van der Waals surface area contributed by atoms with Crippen molar-refractivity contribution in [2.45, 2.75) is 83.3 Å². The number of hydrogen-bond acceptors (Lipinski definition) is 7. The van der Waals surface area contributed by atoms with E-state index in [2.05, 4.69) is 34.8 Å². The summed E-state index contributed by atoms with van der Waals surface area (Å²) >= 11 is 2.08. The van der Waals surface area contributed by atoms with Gasteiger partial charge in [0.15, 0.2) is 11.5 Å². The number of carbonyl (C=O) groups excluding carboxylic acids is 2. The third kappa shape index (κ3) is 9.42.